The maximum Gasteiger partial charge on any atom is 0.309 e. The fraction of sp³-hybridized carbons (Fsp3) is 0.909. The lowest BCUT2D eigenvalue weighted by Gasteiger charge is -2.15. The van der Waals surface area contributed by atoms with Gasteiger partial charge in [0.15, 0.2) is 0 Å². The molecule has 0 radical (unpaired) electrons. The van der Waals surface area contributed by atoms with Crippen molar-refractivity contribution in [2.45, 2.75) is 38.9 Å². The predicted octanol–water partition coefficient (Wildman–Crippen LogP) is 1.54. The van der Waals surface area contributed by atoms with E-state index in [-0.39, 0.29) is 12.2 Å². The highest BCUT2D eigenvalue weighted by Crippen LogP contribution is 2.30. The molecule has 1 heterocycles. The molecule has 0 bridgehead atoms. The summed E-state index contributed by atoms with van der Waals surface area (Å²) in [6.07, 6.45) is 1.33. The molecule has 88 valence electrons. The third kappa shape index (κ3) is 3.47. The van der Waals surface area contributed by atoms with Crippen molar-refractivity contribution in [3.8, 4) is 0 Å². The number of carbonyl (C=O) groups is 1. The minimum atomic E-state index is -0.775. The Morgan fingerprint density at radius 1 is 1.60 bits per heavy atom. The molecule has 3 atom stereocenters. The molecule has 15 heavy (non-hydrogen) atoms. The van der Waals surface area contributed by atoms with Crippen LogP contribution in [-0.4, -0.2) is 37.0 Å². The van der Waals surface area contributed by atoms with E-state index in [4.69, 9.17) is 14.6 Å². The van der Waals surface area contributed by atoms with Crippen LogP contribution in [0.15, 0.2) is 0 Å². The molecule has 3 unspecified atom stereocenters. The molecule has 4 heteroatoms. The summed E-state index contributed by atoms with van der Waals surface area (Å²) in [6.45, 7) is 4.59. The SMILES string of the molecule is COCC1OC(CC(C)C)CC1C(=O)O. The Kier molecular flexibility index (Phi) is 4.54. The van der Waals surface area contributed by atoms with Crippen molar-refractivity contribution in [2.75, 3.05) is 13.7 Å². The fourth-order valence-corrected chi connectivity index (χ4v) is 2.09. The van der Waals surface area contributed by atoms with Gasteiger partial charge in [0.05, 0.1) is 24.7 Å². The Hall–Kier alpha value is -0.610. The van der Waals surface area contributed by atoms with Gasteiger partial charge in [-0.05, 0) is 18.8 Å². The number of carboxylic acids is 1. The predicted molar refractivity (Wildman–Crippen MR) is 55.7 cm³/mol. The van der Waals surface area contributed by atoms with Crippen molar-refractivity contribution in [1.29, 1.82) is 0 Å². The standard InChI is InChI=1S/C11H20O4/c1-7(2)4-8-5-9(11(12)13)10(15-8)6-14-3/h7-10H,4-6H2,1-3H3,(H,12,13). The van der Waals surface area contributed by atoms with E-state index in [1.54, 1.807) is 7.11 Å². The number of rotatable bonds is 5. The maximum atomic E-state index is 11.0. The molecule has 0 aromatic carbocycles. The van der Waals surface area contributed by atoms with Crippen LogP contribution in [0.25, 0.3) is 0 Å². The number of ether oxygens (including phenoxy) is 2. The van der Waals surface area contributed by atoms with Crippen LogP contribution >= 0.6 is 0 Å². The number of hydrogen-bond donors (Lipinski definition) is 1. The van der Waals surface area contributed by atoms with Gasteiger partial charge in [0.2, 0.25) is 0 Å². The molecule has 1 saturated heterocycles. The number of aliphatic carboxylic acids is 1. The van der Waals surface area contributed by atoms with Crippen LogP contribution in [0.3, 0.4) is 0 Å². The van der Waals surface area contributed by atoms with Crippen molar-refractivity contribution in [2.24, 2.45) is 11.8 Å². The van der Waals surface area contributed by atoms with Crippen LogP contribution < -0.4 is 0 Å². The van der Waals surface area contributed by atoms with Gasteiger partial charge >= 0.3 is 5.97 Å². The van der Waals surface area contributed by atoms with Crippen LogP contribution in [0.4, 0.5) is 0 Å². The van der Waals surface area contributed by atoms with Crippen molar-refractivity contribution < 1.29 is 19.4 Å². The summed E-state index contributed by atoms with van der Waals surface area (Å²) in [7, 11) is 1.57. The Labute approximate surface area is 90.6 Å². The first-order valence-electron chi connectivity index (χ1n) is 5.41. The second kappa shape index (κ2) is 5.47. The highest BCUT2D eigenvalue weighted by molar-refractivity contribution is 5.71. The average Bonchev–Trinajstić information content (AvgIpc) is 2.47. The molecule has 0 aliphatic carbocycles. The summed E-state index contributed by atoms with van der Waals surface area (Å²) >= 11 is 0. The highest BCUT2D eigenvalue weighted by atomic mass is 16.5. The molecule has 1 aliphatic heterocycles. The van der Waals surface area contributed by atoms with Crippen LogP contribution in [0.1, 0.15) is 26.7 Å². The van der Waals surface area contributed by atoms with E-state index in [1.165, 1.54) is 0 Å². The zero-order valence-corrected chi connectivity index (χ0v) is 9.60. The zero-order chi connectivity index (χ0) is 11.4. The fourth-order valence-electron chi connectivity index (χ4n) is 2.09. The average molecular weight is 216 g/mol. The van der Waals surface area contributed by atoms with E-state index < -0.39 is 11.9 Å². The van der Waals surface area contributed by atoms with Gasteiger partial charge in [-0.1, -0.05) is 13.8 Å². The quantitative estimate of drug-likeness (QED) is 0.757. The molecular weight excluding hydrogens is 196 g/mol. The van der Waals surface area contributed by atoms with Crippen LogP contribution in [-0.2, 0) is 14.3 Å². The first-order valence-corrected chi connectivity index (χ1v) is 5.41. The van der Waals surface area contributed by atoms with Gasteiger partial charge < -0.3 is 14.6 Å². The molecular formula is C11H20O4. The van der Waals surface area contributed by atoms with E-state index in [0.717, 1.165) is 6.42 Å². The van der Waals surface area contributed by atoms with Crippen LogP contribution in [0.2, 0.25) is 0 Å². The molecule has 0 amide bonds. The van der Waals surface area contributed by atoms with Gasteiger partial charge in [0.1, 0.15) is 0 Å². The topological polar surface area (TPSA) is 55.8 Å². The summed E-state index contributed by atoms with van der Waals surface area (Å²) in [4.78, 5) is 11.0. The highest BCUT2D eigenvalue weighted by Gasteiger charge is 2.39. The van der Waals surface area contributed by atoms with Gasteiger partial charge in [-0.25, -0.2) is 0 Å². The number of carboxylic acid groups (broad SMARTS) is 1. The molecule has 0 spiro atoms. The van der Waals surface area contributed by atoms with Crippen LogP contribution in [0, 0.1) is 11.8 Å². The van der Waals surface area contributed by atoms with Crippen molar-refractivity contribution in [3.63, 3.8) is 0 Å². The summed E-state index contributed by atoms with van der Waals surface area (Å²) < 4.78 is 10.7. The largest absolute Gasteiger partial charge is 0.481 e. The Morgan fingerprint density at radius 3 is 2.73 bits per heavy atom. The summed E-state index contributed by atoms with van der Waals surface area (Å²) in [6, 6.07) is 0. The second-order valence-electron chi connectivity index (χ2n) is 4.56. The van der Waals surface area contributed by atoms with E-state index >= 15 is 0 Å². The number of hydrogen-bond acceptors (Lipinski definition) is 3. The first kappa shape index (κ1) is 12.5. The molecule has 4 nitrogen and oxygen atoms in total. The van der Waals surface area contributed by atoms with Crippen molar-refractivity contribution >= 4 is 5.97 Å². The second-order valence-corrected chi connectivity index (χ2v) is 4.56. The van der Waals surface area contributed by atoms with Gasteiger partial charge in [-0.2, -0.15) is 0 Å². The van der Waals surface area contributed by atoms with Gasteiger partial charge in [0.25, 0.3) is 0 Å². The summed E-state index contributed by atoms with van der Waals surface area (Å²) in [5.74, 6) is -0.650. The maximum absolute atomic E-state index is 11.0. The molecule has 1 fully saturated rings. The van der Waals surface area contributed by atoms with Gasteiger partial charge in [-0.15, -0.1) is 0 Å². The van der Waals surface area contributed by atoms with Crippen molar-refractivity contribution in [1.82, 2.24) is 0 Å². The minimum absolute atomic E-state index is 0.0752. The van der Waals surface area contributed by atoms with E-state index in [0.29, 0.717) is 18.9 Å². The van der Waals surface area contributed by atoms with E-state index in [2.05, 4.69) is 13.8 Å². The molecule has 0 aromatic rings. The molecule has 0 aromatic heterocycles. The lowest BCUT2D eigenvalue weighted by molar-refractivity contribution is -0.144. The monoisotopic (exact) mass is 216 g/mol. The van der Waals surface area contributed by atoms with Gasteiger partial charge in [-0.3, -0.25) is 4.79 Å². The Bertz CT molecular complexity index is 215. The van der Waals surface area contributed by atoms with Crippen LogP contribution in [0.5, 0.6) is 0 Å². The molecule has 1 rings (SSSR count). The van der Waals surface area contributed by atoms with Crippen molar-refractivity contribution in [3.05, 3.63) is 0 Å². The third-order valence-electron chi connectivity index (χ3n) is 2.72. The smallest absolute Gasteiger partial charge is 0.309 e. The molecule has 1 aliphatic rings. The lowest BCUT2D eigenvalue weighted by Crippen LogP contribution is -2.27. The lowest BCUT2D eigenvalue weighted by atomic mass is 9.96. The van der Waals surface area contributed by atoms with Gasteiger partial charge in [0, 0.05) is 7.11 Å². The molecule has 1 N–H and O–H groups in total. The Morgan fingerprint density at radius 2 is 2.27 bits per heavy atom. The Balaban J connectivity index is 2.52. The molecule has 0 saturated carbocycles. The third-order valence-corrected chi connectivity index (χ3v) is 2.72. The zero-order valence-electron chi connectivity index (χ0n) is 9.60. The first-order chi connectivity index (χ1) is 7.04. The summed E-state index contributed by atoms with van der Waals surface area (Å²) in [5, 5.41) is 9.03. The normalized spacial score (nSPS) is 31.1. The van der Waals surface area contributed by atoms with E-state index in [9.17, 15) is 4.79 Å². The summed E-state index contributed by atoms with van der Waals surface area (Å²) in [5.41, 5.74) is 0. The minimum Gasteiger partial charge on any atom is -0.481 e. The van der Waals surface area contributed by atoms with E-state index in [1.807, 2.05) is 0 Å². The number of methoxy groups -OCH3 is 1.